The van der Waals surface area contributed by atoms with Gasteiger partial charge < -0.3 is 5.73 Å². The molecule has 0 fully saturated rings. The molecule has 52 valence electrons. The Labute approximate surface area is 57.3 Å². The van der Waals surface area contributed by atoms with E-state index in [9.17, 15) is 0 Å². The van der Waals surface area contributed by atoms with Gasteiger partial charge in [-0.3, -0.25) is 0 Å². The highest BCUT2D eigenvalue weighted by molar-refractivity contribution is 5.09. The van der Waals surface area contributed by atoms with Crippen molar-refractivity contribution < 1.29 is 0 Å². The third-order valence-electron chi connectivity index (χ3n) is 1.21. The standard InChI is InChI=1S/C8H15N/c1-3-8(2)6-4-5-7-9/h4-6H,3,7,9H2,1-2H3/b5-4-,8-6-. The Morgan fingerprint density at radius 1 is 1.56 bits per heavy atom. The van der Waals surface area contributed by atoms with Gasteiger partial charge in [-0.15, -0.1) is 0 Å². The van der Waals surface area contributed by atoms with Crippen molar-refractivity contribution >= 4 is 0 Å². The van der Waals surface area contributed by atoms with Crippen molar-refractivity contribution in [2.75, 3.05) is 6.54 Å². The fourth-order valence-corrected chi connectivity index (χ4v) is 0.429. The molecule has 0 heterocycles. The van der Waals surface area contributed by atoms with Crippen LogP contribution in [-0.2, 0) is 0 Å². The minimum absolute atomic E-state index is 0.632. The second-order valence-corrected chi connectivity index (χ2v) is 2.03. The lowest BCUT2D eigenvalue weighted by atomic mass is 10.2. The van der Waals surface area contributed by atoms with Gasteiger partial charge in [0.1, 0.15) is 0 Å². The number of hydrogen-bond donors (Lipinski definition) is 1. The number of hydrogen-bond acceptors (Lipinski definition) is 1. The van der Waals surface area contributed by atoms with Gasteiger partial charge >= 0.3 is 0 Å². The molecule has 0 amide bonds. The molecule has 0 saturated carbocycles. The van der Waals surface area contributed by atoms with Gasteiger partial charge in [-0.25, -0.2) is 0 Å². The van der Waals surface area contributed by atoms with Crippen molar-refractivity contribution in [3.63, 3.8) is 0 Å². The van der Waals surface area contributed by atoms with Gasteiger partial charge in [0.05, 0.1) is 0 Å². The van der Waals surface area contributed by atoms with E-state index in [0.29, 0.717) is 6.54 Å². The van der Waals surface area contributed by atoms with E-state index in [1.54, 1.807) is 0 Å². The molecule has 0 aromatic rings. The van der Waals surface area contributed by atoms with Gasteiger partial charge in [0.15, 0.2) is 0 Å². The maximum atomic E-state index is 5.24. The first-order valence-electron chi connectivity index (χ1n) is 3.33. The Kier molecular flexibility index (Phi) is 5.23. The monoisotopic (exact) mass is 125 g/mol. The maximum absolute atomic E-state index is 5.24. The molecule has 1 heteroatoms. The van der Waals surface area contributed by atoms with Crippen LogP contribution in [0.1, 0.15) is 20.3 Å². The fraction of sp³-hybridized carbons (Fsp3) is 0.500. The predicted molar refractivity (Wildman–Crippen MR) is 42.2 cm³/mol. The van der Waals surface area contributed by atoms with Crippen molar-refractivity contribution in [1.82, 2.24) is 0 Å². The molecule has 0 bridgehead atoms. The summed E-state index contributed by atoms with van der Waals surface area (Å²) >= 11 is 0. The van der Waals surface area contributed by atoms with E-state index in [1.165, 1.54) is 5.57 Å². The lowest BCUT2D eigenvalue weighted by Crippen LogP contribution is -1.91. The molecule has 9 heavy (non-hydrogen) atoms. The lowest BCUT2D eigenvalue weighted by Gasteiger charge is -1.87. The number of allylic oxidation sites excluding steroid dienone is 3. The smallest absolute Gasteiger partial charge is 0.0109 e. The molecule has 0 saturated heterocycles. The zero-order valence-corrected chi connectivity index (χ0v) is 6.22. The Hall–Kier alpha value is -0.560. The van der Waals surface area contributed by atoms with Crippen LogP contribution in [0.4, 0.5) is 0 Å². The molecule has 0 aliphatic rings. The summed E-state index contributed by atoms with van der Waals surface area (Å²) in [5.74, 6) is 0. The minimum atomic E-state index is 0.632. The van der Waals surface area contributed by atoms with Crippen LogP contribution in [0.2, 0.25) is 0 Å². The summed E-state index contributed by atoms with van der Waals surface area (Å²) in [6.07, 6.45) is 7.15. The van der Waals surface area contributed by atoms with Crippen LogP contribution in [0.25, 0.3) is 0 Å². The summed E-state index contributed by atoms with van der Waals surface area (Å²) in [6.45, 7) is 4.89. The van der Waals surface area contributed by atoms with Gasteiger partial charge in [-0.2, -0.15) is 0 Å². The Balaban J connectivity index is 3.55. The molecular formula is C8H15N. The van der Waals surface area contributed by atoms with E-state index in [2.05, 4.69) is 19.9 Å². The first kappa shape index (κ1) is 8.44. The summed E-state index contributed by atoms with van der Waals surface area (Å²) in [7, 11) is 0. The quantitative estimate of drug-likeness (QED) is 0.572. The van der Waals surface area contributed by atoms with Crippen LogP contribution in [0, 0.1) is 0 Å². The van der Waals surface area contributed by atoms with Crippen molar-refractivity contribution in [2.24, 2.45) is 5.73 Å². The molecule has 2 N–H and O–H groups in total. The van der Waals surface area contributed by atoms with Crippen LogP contribution in [0.3, 0.4) is 0 Å². The van der Waals surface area contributed by atoms with Gasteiger partial charge in [0.25, 0.3) is 0 Å². The van der Waals surface area contributed by atoms with E-state index < -0.39 is 0 Å². The summed E-state index contributed by atoms with van der Waals surface area (Å²) < 4.78 is 0. The maximum Gasteiger partial charge on any atom is 0.0109 e. The molecule has 0 radical (unpaired) electrons. The van der Waals surface area contributed by atoms with Gasteiger partial charge in [0, 0.05) is 6.54 Å². The molecule has 0 aliphatic carbocycles. The third kappa shape index (κ3) is 5.31. The SMILES string of the molecule is CC/C(C)=C\C=C/CN. The fourth-order valence-electron chi connectivity index (χ4n) is 0.429. The molecule has 1 nitrogen and oxygen atoms in total. The van der Waals surface area contributed by atoms with Crippen LogP contribution in [-0.4, -0.2) is 6.54 Å². The zero-order valence-electron chi connectivity index (χ0n) is 6.22. The summed E-state index contributed by atoms with van der Waals surface area (Å²) in [4.78, 5) is 0. The molecular weight excluding hydrogens is 110 g/mol. The van der Waals surface area contributed by atoms with E-state index in [1.807, 2.05) is 12.2 Å². The van der Waals surface area contributed by atoms with Crippen LogP contribution in [0.5, 0.6) is 0 Å². The van der Waals surface area contributed by atoms with E-state index in [0.717, 1.165) is 6.42 Å². The number of rotatable bonds is 3. The molecule has 0 aromatic carbocycles. The third-order valence-corrected chi connectivity index (χ3v) is 1.21. The Bertz CT molecular complexity index is 112. The van der Waals surface area contributed by atoms with Crippen LogP contribution >= 0.6 is 0 Å². The molecule has 0 rings (SSSR count). The summed E-state index contributed by atoms with van der Waals surface area (Å²) in [5.41, 5.74) is 6.63. The number of nitrogens with two attached hydrogens (primary N) is 1. The largest absolute Gasteiger partial charge is 0.327 e. The average molecular weight is 125 g/mol. The van der Waals surface area contributed by atoms with Gasteiger partial charge in [0.2, 0.25) is 0 Å². The lowest BCUT2D eigenvalue weighted by molar-refractivity contribution is 1.10. The van der Waals surface area contributed by atoms with Crippen molar-refractivity contribution in [3.8, 4) is 0 Å². The second-order valence-electron chi connectivity index (χ2n) is 2.03. The van der Waals surface area contributed by atoms with E-state index in [4.69, 9.17) is 5.73 Å². The Morgan fingerprint density at radius 3 is 2.67 bits per heavy atom. The topological polar surface area (TPSA) is 26.0 Å². The molecule has 0 spiro atoms. The highest BCUT2D eigenvalue weighted by Crippen LogP contribution is 1.96. The van der Waals surface area contributed by atoms with E-state index >= 15 is 0 Å². The van der Waals surface area contributed by atoms with Crippen molar-refractivity contribution in [3.05, 3.63) is 23.8 Å². The average Bonchev–Trinajstić information content (AvgIpc) is 1.89. The first-order valence-corrected chi connectivity index (χ1v) is 3.33. The summed E-state index contributed by atoms with van der Waals surface area (Å²) in [6, 6.07) is 0. The molecule has 0 aromatic heterocycles. The Morgan fingerprint density at radius 2 is 2.22 bits per heavy atom. The highest BCUT2D eigenvalue weighted by atomic mass is 14.5. The first-order chi connectivity index (χ1) is 4.31. The van der Waals surface area contributed by atoms with Crippen LogP contribution < -0.4 is 5.73 Å². The van der Waals surface area contributed by atoms with Gasteiger partial charge in [-0.1, -0.05) is 30.7 Å². The predicted octanol–water partition coefficient (Wildman–Crippen LogP) is 1.86. The van der Waals surface area contributed by atoms with Crippen molar-refractivity contribution in [1.29, 1.82) is 0 Å². The molecule has 0 atom stereocenters. The van der Waals surface area contributed by atoms with Gasteiger partial charge in [-0.05, 0) is 13.3 Å². The normalized spacial score (nSPS) is 13.0. The highest BCUT2D eigenvalue weighted by Gasteiger charge is 1.76. The van der Waals surface area contributed by atoms with E-state index in [-0.39, 0.29) is 0 Å². The zero-order chi connectivity index (χ0) is 7.11. The molecule has 0 aliphatic heterocycles. The van der Waals surface area contributed by atoms with Crippen LogP contribution in [0.15, 0.2) is 23.8 Å². The van der Waals surface area contributed by atoms with Crippen molar-refractivity contribution in [2.45, 2.75) is 20.3 Å². The molecule has 0 unspecified atom stereocenters. The summed E-state index contributed by atoms with van der Waals surface area (Å²) in [5, 5.41) is 0. The second kappa shape index (κ2) is 5.57. The minimum Gasteiger partial charge on any atom is -0.327 e.